The summed E-state index contributed by atoms with van der Waals surface area (Å²) >= 11 is 0. The van der Waals surface area contributed by atoms with E-state index in [0.29, 0.717) is 18.7 Å². The Morgan fingerprint density at radius 3 is 2.35 bits per heavy atom. The summed E-state index contributed by atoms with van der Waals surface area (Å²) in [7, 11) is 0. The Morgan fingerprint density at radius 2 is 1.85 bits per heavy atom. The monoisotopic (exact) mass is 286 g/mol. The molecule has 1 saturated heterocycles. The van der Waals surface area contributed by atoms with Crippen molar-refractivity contribution in [2.45, 2.75) is 12.7 Å². The summed E-state index contributed by atoms with van der Waals surface area (Å²) in [6.07, 6.45) is 0. The van der Waals surface area contributed by atoms with Gasteiger partial charge in [-0.15, -0.1) is 0 Å². The average molecular weight is 286 g/mol. The molecule has 1 unspecified atom stereocenters. The van der Waals surface area contributed by atoms with Crippen LogP contribution in [0.2, 0.25) is 0 Å². The van der Waals surface area contributed by atoms with Gasteiger partial charge in [-0.2, -0.15) is 8.78 Å². The van der Waals surface area contributed by atoms with E-state index in [0.717, 1.165) is 13.1 Å². The van der Waals surface area contributed by atoms with Crippen molar-refractivity contribution in [2.75, 3.05) is 26.2 Å². The average Bonchev–Trinajstić information content (AvgIpc) is 2.41. The lowest BCUT2D eigenvalue weighted by Gasteiger charge is -2.32. The molecule has 1 aromatic rings. The summed E-state index contributed by atoms with van der Waals surface area (Å²) in [5.74, 6) is -0.928. The Morgan fingerprint density at radius 1 is 1.25 bits per heavy atom. The predicted molar refractivity (Wildman–Crippen MR) is 67.9 cm³/mol. The fraction of sp³-hybridized carbons (Fsp3) is 0.462. The van der Waals surface area contributed by atoms with Crippen molar-refractivity contribution in [2.24, 2.45) is 0 Å². The minimum atomic E-state index is -2.88. The van der Waals surface area contributed by atoms with Gasteiger partial charge in [-0.25, -0.2) is 0 Å². The topological polar surface area (TPSA) is 61.8 Å². The number of carboxylic acid groups (broad SMARTS) is 1. The molecule has 0 bridgehead atoms. The van der Waals surface area contributed by atoms with Gasteiger partial charge in [0.15, 0.2) is 0 Å². The first kappa shape index (κ1) is 14.7. The van der Waals surface area contributed by atoms with Gasteiger partial charge in [-0.1, -0.05) is 12.1 Å². The number of ether oxygens (including phenoxy) is 1. The van der Waals surface area contributed by atoms with Crippen LogP contribution in [0.15, 0.2) is 24.3 Å². The van der Waals surface area contributed by atoms with Gasteiger partial charge in [0, 0.05) is 26.2 Å². The molecule has 0 saturated carbocycles. The minimum Gasteiger partial charge on any atom is -0.480 e. The zero-order valence-electron chi connectivity index (χ0n) is 10.8. The Labute approximate surface area is 115 Å². The second-order valence-corrected chi connectivity index (χ2v) is 4.47. The number of hydrogen-bond donors (Lipinski definition) is 2. The molecule has 1 atom stereocenters. The molecule has 1 aliphatic heterocycles. The largest absolute Gasteiger partial charge is 0.480 e. The molecular weight excluding hydrogens is 270 g/mol. The third kappa shape index (κ3) is 3.64. The zero-order valence-corrected chi connectivity index (χ0v) is 10.8. The molecule has 0 aliphatic carbocycles. The SMILES string of the molecule is O=C(O)C(c1ccc(OC(F)F)cc1)N1CCNCC1. The smallest absolute Gasteiger partial charge is 0.387 e. The van der Waals surface area contributed by atoms with Crippen molar-refractivity contribution in [3.05, 3.63) is 29.8 Å². The fourth-order valence-corrected chi connectivity index (χ4v) is 2.28. The molecule has 0 spiro atoms. The van der Waals surface area contributed by atoms with Gasteiger partial charge in [0.1, 0.15) is 11.8 Å². The van der Waals surface area contributed by atoms with Gasteiger partial charge in [-0.05, 0) is 17.7 Å². The standard InChI is InChI=1S/C13H16F2N2O3/c14-13(15)20-10-3-1-9(2-4-10)11(12(18)19)17-7-5-16-6-8-17/h1-4,11,13,16H,5-8H2,(H,18,19). The Kier molecular flexibility index (Phi) is 4.86. The molecule has 1 heterocycles. The van der Waals surface area contributed by atoms with Crippen LogP contribution in [0.25, 0.3) is 0 Å². The van der Waals surface area contributed by atoms with Gasteiger partial charge >= 0.3 is 12.6 Å². The number of halogens is 2. The summed E-state index contributed by atoms with van der Waals surface area (Å²) in [4.78, 5) is 13.3. The summed E-state index contributed by atoms with van der Waals surface area (Å²) in [5, 5.41) is 12.5. The third-order valence-corrected chi connectivity index (χ3v) is 3.17. The van der Waals surface area contributed by atoms with Crippen molar-refractivity contribution in [1.29, 1.82) is 0 Å². The normalized spacial score (nSPS) is 17.9. The molecule has 2 N–H and O–H groups in total. The van der Waals surface area contributed by atoms with Crippen molar-refractivity contribution in [3.63, 3.8) is 0 Å². The number of rotatable bonds is 5. The van der Waals surface area contributed by atoms with E-state index in [2.05, 4.69) is 10.1 Å². The molecule has 0 radical (unpaired) electrons. The summed E-state index contributed by atoms with van der Waals surface area (Å²) < 4.78 is 28.4. The van der Waals surface area contributed by atoms with Crippen molar-refractivity contribution < 1.29 is 23.4 Å². The number of hydrogen-bond acceptors (Lipinski definition) is 4. The number of carbonyl (C=O) groups is 1. The van der Waals surface area contributed by atoms with Crippen LogP contribution >= 0.6 is 0 Å². The predicted octanol–water partition coefficient (Wildman–Crippen LogP) is 1.32. The molecule has 0 aromatic heterocycles. The number of nitrogens with zero attached hydrogens (tertiary/aromatic N) is 1. The van der Waals surface area contributed by atoms with Crippen LogP contribution in [0.5, 0.6) is 5.75 Å². The highest BCUT2D eigenvalue weighted by molar-refractivity contribution is 5.75. The number of nitrogens with one attached hydrogen (secondary N) is 1. The number of carboxylic acids is 1. The summed E-state index contributed by atoms with van der Waals surface area (Å²) in [5.41, 5.74) is 0.556. The molecule has 1 fully saturated rings. The van der Waals surface area contributed by atoms with Crippen molar-refractivity contribution in [3.8, 4) is 5.75 Å². The molecular formula is C13H16F2N2O3. The maximum Gasteiger partial charge on any atom is 0.387 e. The van der Waals surface area contributed by atoms with E-state index < -0.39 is 18.6 Å². The van der Waals surface area contributed by atoms with Gasteiger partial charge in [0.25, 0.3) is 0 Å². The molecule has 0 amide bonds. The first-order valence-electron chi connectivity index (χ1n) is 6.30. The van der Waals surface area contributed by atoms with Crippen LogP contribution in [0.3, 0.4) is 0 Å². The highest BCUT2D eigenvalue weighted by atomic mass is 19.3. The van der Waals surface area contributed by atoms with E-state index >= 15 is 0 Å². The van der Waals surface area contributed by atoms with Crippen LogP contribution in [0.4, 0.5) is 8.78 Å². The van der Waals surface area contributed by atoms with Crippen LogP contribution in [0, 0.1) is 0 Å². The molecule has 1 aliphatic rings. The van der Waals surface area contributed by atoms with Gasteiger partial charge in [0.2, 0.25) is 0 Å². The van der Waals surface area contributed by atoms with Gasteiger partial charge in [-0.3, -0.25) is 9.69 Å². The number of piperazine rings is 1. The second kappa shape index (κ2) is 6.62. The Bertz CT molecular complexity index is 447. The van der Waals surface area contributed by atoms with E-state index in [1.807, 2.05) is 4.90 Å². The second-order valence-electron chi connectivity index (χ2n) is 4.47. The molecule has 7 heteroatoms. The van der Waals surface area contributed by atoms with Crippen molar-refractivity contribution in [1.82, 2.24) is 10.2 Å². The summed E-state index contributed by atoms with van der Waals surface area (Å²) in [6.45, 7) is -0.158. The van der Waals surface area contributed by atoms with E-state index in [-0.39, 0.29) is 5.75 Å². The number of aliphatic carboxylic acids is 1. The maximum atomic E-state index is 12.1. The van der Waals surface area contributed by atoms with E-state index in [1.165, 1.54) is 24.3 Å². The first-order chi connectivity index (χ1) is 9.58. The van der Waals surface area contributed by atoms with Gasteiger partial charge in [0.05, 0.1) is 0 Å². The van der Waals surface area contributed by atoms with Crippen LogP contribution in [-0.4, -0.2) is 48.8 Å². The lowest BCUT2D eigenvalue weighted by atomic mass is 10.0. The van der Waals surface area contributed by atoms with Crippen LogP contribution in [-0.2, 0) is 4.79 Å². The van der Waals surface area contributed by atoms with Gasteiger partial charge < -0.3 is 15.2 Å². The van der Waals surface area contributed by atoms with Crippen LogP contribution < -0.4 is 10.1 Å². The Balaban J connectivity index is 2.14. The molecule has 1 aromatic carbocycles. The lowest BCUT2D eigenvalue weighted by Crippen LogP contribution is -2.47. The van der Waals surface area contributed by atoms with Crippen LogP contribution in [0.1, 0.15) is 11.6 Å². The third-order valence-electron chi connectivity index (χ3n) is 3.17. The molecule has 20 heavy (non-hydrogen) atoms. The zero-order chi connectivity index (χ0) is 14.5. The fourth-order valence-electron chi connectivity index (χ4n) is 2.28. The van der Waals surface area contributed by atoms with E-state index in [4.69, 9.17) is 0 Å². The number of benzene rings is 1. The Hall–Kier alpha value is -1.73. The highest BCUT2D eigenvalue weighted by Crippen LogP contribution is 2.24. The van der Waals surface area contributed by atoms with E-state index in [1.54, 1.807) is 0 Å². The van der Waals surface area contributed by atoms with E-state index in [9.17, 15) is 18.7 Å². The number of alkyl halides is 2. The maximum absolute atomic E-state index is 12.1. The molecule has 2 rings (SSSR count). The van der Waals surface area contributed by atoms with Crippen molar-refractivity contribution >= 4 is 5.97 Å². The first-order valence-corrected chi connectivity index (χ1v) is 6.30. The quantitative estimate of drug-likeness (QED) is 0.855. The molecule has 110 valence electrons. The minimum absolute atomic E-state index is 0.0215. The summed E-state index contributed by atoms with van der Waals surface area (Å²) in [6, 6.07) is 4.98. The highest BCUT2D eigenvalue weighted by Gasteiger charge is 2.28. The molecule has 5 nitrogen and oxygen atoms in total. The lowest BCUT2D eigenvalue weighted by molar-refractivity contribution is -0.143.